The molecule has 1 amide bonds. The average Bonchev–Trinajstić information content (AvgIpc) is 2.58. The minimum Gasteiger partial charge on any atom is -0.378 e. The van der Waals surface area contributed by atoms with Crippen LogP contribution in [0.2, 0.25) is 10.0 Å². The zero-order chi connectivity index (χ0) is 16.2. The van der Waals surface area contributed by atoms with Gasteiger partial charge in [-0.3, -0.25) is 4.79 Å². The van der Waals surface area contributed by atoms with E-state index in [2.05, 4.69) is 15.5 Å². The highest BCUT2D eigenvalue weighted by molar-refractivity contribution is 6.36. The largest absolute Gasteiger partial charge is 0.378 e. The number of amides is 1. The monoisotopic (exact) mass is 352 g/mol. The van der Waals surface area contributed by atoms with E-state index in [0.717, 1.165) is 0 Å². The van der Waals surface area contributed by atoms with Crippen molar-refractivity contribution in [2.75, 3.05) is 31.6 Å². The maximum atomic E-state index is 12.3. The van der Waals surface area contributed by atoms with Crippen molar-refractivity contribution in [1.82, 2.24) is 15.1 Å². The van der Waals surface area contributed by atoms with Crippen LogP contribution in [0.15, 0.2) is 30.3 Å². The molecule has 1 N–H and O–H groups in total. The minimum atomic E-state index is -0.142. The van der Waals surface area contributed by atoms with Gasteiger partial charge in [-0.1, -0.05) is 23.2 Å². The Morgan fingerprint density at radius 1 is 1.13 bits per heavy atom. The van der Waals surface area contributed by atoms with E-state index < -0.39 is 0 Å². The van der Waals surface area contributed by atoms with Crippen molar-refractivity contribution in [3.05, 3.63) is 46.1 Å². The SMILES string of the molecule is O=C(c1ccc(Nc2ccc(Cl)cc2Cl)nn1)N1CCOCC1. The third-order valence-electron chi connectivity index (χ3n) is 3.38. The number of carbonyl (C=O) groups is 1. The maximum Gasteiger partial charge on any atom is 0.274 e. The molecule has 1 aromatic carbocycles. The Labute approximate surface area is 143 Å². The fourth-order valence-corrected chi connectivity index (χ4v) is 2.63. The van der Waals surface area contributed by atoms with Gasteiger partial charge in [0, 0.05) is 18.1 Å². The van der Waals surface area contributed by atoms with Gasteiger partial charge in [-0.05, 0) is 30.3 Å². The van der Waals surface area contributed by atoms with Crippen molar-refractivity contribution in [1.29, 1.82) is 0 Å². The molecule has 1 fully saturated rings. The number of hydrogen-bond acceptors (Lipinski definition) is 5. The molecular weight excluding hydrogens is 339 g/mol. The molecule has 2 aromatic rings. The first-order valence-corrected chi connectivity index (χ1v) is 7.82. The summed E-state index contributed by atoms with van der Waals surface area (Å²) in [6.45, 7) is 2.24. The van der Waals surface area contributed by atoms with Gasteiger partial charge in [0.25, 0.3) is 5.91 Å². The molecule has 1 saturated heterocycles. The standard InChI is InChI=1S/C15H14Cl2N4O2/c16-10-1-2-12(11(17)9-10)18-14-4-3-13(19-20-14)15(22)21-5-7-23-8-6-21/h1-4,9H,5-8H2,(H,18,20). The van der Waals surface area contributed by atoms with E-state index >= 15 is 0 Å². The first-order valence-electron chi connectivity index (χ1n) is 7.06. The van der Waals surface area contributed by atoms with Gasteiger partial charge in [-0.15, -0.1) is 10.2 Å². The lowest BCUT2D eigenvalue weighted by Gasteiger charge is -2.26. The summed E-state index contributed by atoms with van der Waals surface area (Å²) in [6.07, 6.45) is 0. The second-order valence-corrected chi connectivity index (χ2v) is 5.80. The second-order valence-electron chi connectivity index (χ2n) is 4.96. The van der Waals surface area contributed by atoms with Crippen LogP contribution >= 0.6 is 23.2 Å². The fraction of sp³-hybridized carbons (Fsp3) is 0.267. The van der Waals surface area contributed by atoms with E-state index in [0.29, 0.717) is 53.5 Å². The first kappa shape index (κ1) is 16.0. The number of rotatable bonds is 3. The van der Waals surface area contributed by atoms with Gasteiger partial charge in [0.05, 0.1) is 23.9 Å². The molecule has 6 nitrogen and oxygen atoms in total. The Hall–Kier alpha value is -1.89. The topological polar surface area (TPSA) is 67.4 Å². The second kappa shape index (κ2) is 7.12. The summed E-state index contributed by atoms with van der Waals surface area (Å²) in [6, 6.07) is 8.43. The summed E-state index contributed by atoms with van der Waals surface area (Å²) < 4.78 is 5.23. The Kier molecular flexibility index (Phi) is 4.95. The van der Waals surface area contributed by atoms with Gasteiger partial charge in [0.15, 0.2) is 11.5 Å². The molecule has 120 valence electrons. The number of morpholine rings is 1. The summed E-state index contributed by atoms with van der Waals surface area (Å²) in [5.74, 6) is 0.352. The molecule has 0 radical (unpaired) electrons. The number of aromatic nitrogens is 2. The number of anilines is 2. The highest BCUT2D eigenvalue weighted by atomic mass is 35.5. The van der Waals surface area contributed by atoms with Crippen molar-refractivity contribution in [3.8, 4) is 0 Å². The number of nitrogens with one attached hydrogen (secondary N) is 1. The molecule has 8 heteroatoms. The van der Waals surface area contributed by atoms with Crippen LogP contribution in [0, 0.1) is 0 Å². The van der Waals surface area contributed by atoms with Gasteiger partial charge in [-0.25, -0.2) is 0 Å². The zero-order valence-corrected chi connectivity index (χ0v) is 13.6. The summed E-state index contributed by atoms with van der Waals surface area (Å²) in [5, 5.41) is 12.1. The van der Waals surface area contributed by atoms with E-state index in [9.17, 15) is 4.79 Å². The van der Waals surface area contributed by atoms with Crippen LogP contribution in [0.25, 0.3) is 0 Å². The van der Waals surface area contributed by atoms with Crippen LogP contribution in [-0.2, 0) is 4.74 Å². The molecule has 1 aliphatic rings. The molecule has 1 aromatic heterocycles. The van der Waals surface area contributed by atoms with E-state index in [4.69, 9.17) is 27.9 Å². The van der Waals surface area contributed by atoms with E-state index in [1.54, 1.807) is 35.2 Å². The van der Waals surface area contributed by atoms with Crippen molar-refractivity contribution >= 4 is 40.6 Å². The predicted octanol–water partition coefficient (Wildman–Crippen LogP) is 3.00. The third-order valence-corrected chi connectivity index (χ3v) is 3.92. The molecule has 0 bridgehead atoms. The first-order chi connectivity index (χ1) is 11.1. The average molecular weight is 353 g/mol. The van der Waals surface area contributed by atoms with Crippen molar-refractivity contribution < 1.29 is 9.53 Å². The van der Waals surface area contributed by atoms with Gasteiger partial charge in [0.2, 0.25) is 0 Å². The van der Waals surface area contributed by atoms with Gasteiger partial charge in [0.1, 0.15) is 0 Å². The summed E-state index contributed by atoms with van der Waals surface area (Å²) in [5.41, 5.74) is 0.970. The zero-order valence-electron chi connectivity index (χ0n) is 12.1. The van der Waals surface area contributed by atoms with Gasteiger partial charge in [-0.2, -0.15) is 0 Å². The highest BCUT2D eigenvalue weighted by Gasteiger charge is 2.19. The van der Waals surface area contributed by atoms with Crippen LogP contribution in [0.1, 0.15) is 10.5 Å². The Morgan fingerprint density at radius 2 is 1.91 bits per heavy atom. The molecule has 0 saturated carbocycles. The Morgan fingerprint density at radius 3 is 2.57 bits per heavy atom. The van der Waals surface area contributed by atoms with Crippen LogP contribution < -0.4 is 5.32 Å². The number of carbonyl (C=O) groups excluding carboxylic acids is 1. The molecule has 2 heterocycles. The van der Waals surface area contributed by atoms with Crippen LogP contribution in [0.5, 0.6) is 0 Å². The predicted molar refractivity (Wildman–Crippen MR) is 88.5 cm³/mol. The molecule has 0 unspecified atom stereocenters. The minimum absolute atomic E-state index is 0.142. The quantitative estimate of drug-likeness (QED) is 0.919. The number of benzene rings is 1. The maximum absolute atomic E-state index is 12.3. The van der Waals surface area contributed by atoms with Crippen molar-refractivity contribution in [3.63, 3.8) is 0 Å². The lowest BCUT2D eigenvalue weighted by molar-refractivity contribution is 0.0298. The fourth-order valence-electron chi connectivity index (χ4n) is 2.17. The van der Waals surface area contributed by atoms with Crippen molar-refractivity contribution in [2.24, 2.45) is 0 Å². The Bertz CT molecular complexity index is 703. The molecule has 23 heavy (non-hydrogen) atoms. The number of nitrogens with zero attached hydrogens (tertiary/aromatic N) is 3. The molecule has 0 aliphatic carbocycles. The molecule has 0 atom stereocenters. The molecule has 1 aliphatic heterocycles. The van der Waals surface area contributed by atoms with E-state index in [1.807, 2.05) is 0 Å². The smallest absolute Gasteiger partial charge is 0.274 e. The van der Waals surface area contributed by atoms with E-state index in [-0.39, 0.29) is 5.91 Å². The van der Waals surface area contributed by atoms with Crippen molar-refractivity contribution in [2.45, 2.75) is 0 Å². The number of ether oxygens (including phenoxy) is 1. The number of hydrogen-bond donors (Lipinski definition) is 1. The summed E-state index contributed by atoms with van der Waals surface area (Å²) in [4.78, 5) is 14.0. The van der Waals surface area contributed by atoms with Gasteiger partial charge < -0.3 is 15.0 Å². The summed E-state index contributed by atoms with van der Waals surface area (Å²) >= 11 is 12.0. The van der Waals surface area contributed by atoms with Crippen LogP contribution in [0.4, 0.5) is 11.5 Å². The normalized spacial score (nSPS) is 14.6. The molecule has 3 rings (SSSR count). The summed E-state index contributed by atoms with van der Waals surface area (Å²) in [7, 11) is 0. The van der Waals surface area contributed by atoms with Crippen LogP contribution in [-0.4, -0.2) is 47.3 Å². The van der Waals surface area contributed by atoms with E-state index in [1.165, 1.54) is 0 Å². The number of halogens is 2. The van der Waals surface area contributed by atoms with Crippen LogP contribution in [0.3, 0.4) is 0 Å². The molecule has 0 spiro atoms. The lowest BCUT2D eigenvalue weighted by atomic mass is 10.3. The highest BCUT2D eigenvalue weighted by Crippen LogP contribution is 2.27. The third kappa shape index (κ3) is 3.90. The van der Waals surface area contributed by atoms with Gasteiger partial charge >= 0.3 is 0 Å². The lowest BCUT2D eigenvalue weighted by Crippen LogP contribution is -2.41. The Balaban J connectivity index is 1.70. The molecular formula is C15H14Cl2N4O2.